The molecule has 30 heavy (non-hydrogen) atoms. The van der Waals surface area contributed by atoms with Crippen molar-refractivity contribution in [2.24, 2.45) is 0 Å². The van der Waals surface area contributed by atoms with E-state index in [0.717, 1.165) is 44.5 Å². The first-order valence-electron chi connectivity index (χ1n) is 9.73. The lowest BCUT2D eigenvalue weighted by Crippen LogP contribution is -2.14. The Morgan fingerprint density at radius 2 is 0.800 bits per heavy atom. The highest BCUT2D eigenvalue weighted by molar-refractivity contribution is 6.21. The van der Waals surface area contributed by atoms with E-state index in [1.165, 1.54) is 0 Å². The van der Waals surface area contributed by atoms with Crippen LogP contribution < -0.4 is 0 Å². The molecular formula is C27H14O3. The summed E-state index contributed by atoms with van der Waals surface area (Å²) in [4.78, 5) is 36.7. The molecule has 0 saturated heterocycles. The summed E-state index contributed by atoms with van der Waals surface area (Å²) in [6.45, 7) is 0. The molecule has 4 bridgehead atoms. The zero-order valence-electron chi connectivity index (χ0n) is 15.8. The number of fused-ring (bicyclic) bond motifs is 4. The highest BCUT2D eigenvalue weighted by atomic mass is 16.1. The lowest BCUT2D eigenvalue weighted by Gasteiger charge is -2.18. The van der Waals surface area contributed by atoms with E-state index in [1.54, 1.807) is 24.3 Å². The van der Waals surface area contributed by atoms with Crippen molar-refractivity contribution < 1.29 is 14.4 Å². The number of carbonyl (C=O) groups excluding carboxylic acids is 3. The zero-order valence-corrected chi connectivity index (χ0v) is 15.8. The van der Waals surface area contributed by atoms with Gasteiger partial charge in [0, 0.05) is 33.4 Å². The maximum Gasteiger partial charge on any atom is 0.193 e. The molecule has 4 aromatic rings. The Bertz CT molecular complexity index is 1290. The van der Waals surface area contributed by atoms with Gasteiger partial charge in [0.1, 0.15) is 0 Å². The van der Waals surface area contributed by atoms with Gasteiger partial charge < -0.3 is 0 Å². The molecule has 0 heterocycles. The molecule has 140 valence electrons. The Morgan fingerprint density at radius 3 is 1.13 bits per heavy atom. The smallest absolute Gasteiger partial charge is 0.193 e. The predicted octanol–water partition coefficient (Wildman–Crippen LogP) is 5.34. The summed E-state index contributed by atoms with van der Waals surface area (Å²) in [5, 5.41) is 0. The Labute approximate surface area is 172 Å². The van der Waals surface area contributed by atoms with Crippen molar-refractivity contribution in [1.29, 1.82) is 0 Å². The van der Waals surface area contributed by atoms with Crippen LogP contribution in [0.15, 0.2) is 84.9 Å². The zero-order chi connectivity index (χ0) is 20.4. The topological polar surface area (TPSA) is 51.2 Å². The molecule has 8 rings (SSSR count). The van der Waals surface area contributed by atoms with E-state index in [1.807, 2.05) is 60.7 Å². The van der Waals surface area contributed by atoms with E-state index in [2.05, 4.69) is 0 Å². The quantitative estimate of drug-likeness (QED) is 0.384. The highest BCUT2D eigenvalue weighted by Crippen LogP contribution is 2.34. The Kier molecular flexibility index (Phi) is 3.33. The van der Waals surface area contributed by atoms with E-state index in [9.17, 15) is 14.4 Å². The molecule has 0 spiro atoms. The van der Waals surface area contributed by atoms with Crippen molar-refractivity contribution in [3.05, 3.63) is 118 Å². The van der Waals surface area contributed by atoms with Crippen molar-refractivity contribution in [1.82, 2.24) is 0 Å². The standard InChI is InChI=1S/C27H14O3/c28-25(17-5-1-15(2-6-17)21-11-9-19-13-23(21)26(19)29)18-7-3-16(4-8-18)22-12-10-20-14-24(22)27(20)30/h1-14H. The Morgan fingerprint density at radius 1 is 0.433 bits per heavy atom. The normalized spacial score (nSPS) is 12.9. The van der Waals surface area contributed by atoms with Gasteiger partial charge in [-0.3, -0.25) is 14.4 Å². The fourth-order valence-electron chi connectivity index (χ4n) is 4.17. The molecule has 0 atom stereocenters. The summed E-state index contributed by atoms with van der Waals surface area (Å²) in [7, 11) is 0. The van der Waals surface area contributed by atoms with Gasteiger partial charge in [-0.2, -0.15) is 0 Å². The first-order chi connectivity index (χ1) is 14.6. The van der Waals surface area contributed by atoms with Crippen LogP contribution in [0.2, 0.25) is 0 Å². The Balaban J connectivity index is 1.26. The van der Waals surface area contributed by atoms with Crippen molar-refractivity contribution >= 4 is 17.3 Å². The fourth-order valence-corrected chi connectivity index (χ4v) is 4.17. The molecule has 0 radical (unpaired) electrons. The van der Waals surface area contributed by atoms with E-state index in [-0.39, 0.29) is 17.3 Å². The SMILES string of the molecule is O=C(c1ccc(-c2ccc3cc2C3=O)cc1)c1ccc(-c2ccc3cc2C3=O)cc1. The molecule has 0 fully saturated rings. The van der Waals surface area contributed by atoms with E-state index in [4.69, 9.17) is 0 Å². The van der Waals surface area contributed by atoms with Gasteiger partial charge in [-0.1, -0.05) is 72.8 Å². The fraction of sp³-hybridized carbons (Fsp3) is 0. The first-order valence-corrected chi connectivity index (χ1v) is 9.73. The number of benzene rings is 4. The van der Waals surface area contributed by atoms with Gasteiger partial charge in [0.15, 0.2) is 17.3 Å². The van der Waals surface area contributed by atoms with E-state index < -0.39 is 0 Å². The summed E-state index contributed by atoms with van der Waals surface area (Å²) >= 11 is 0. The second-order valence-corrected chi connectivity index (χ2v) is 7.66. The van der Waals surface area contributed by atoms with Gasteiger partial charge in [-0.15, -0.1) is 0 Å². The van der Waals surface area contributed by atoms with Gasteiger partial charge in [0.05, 0.1) is 0 Å². The number of hydrogen-bond acceptors (Lipinski definition) is 3. The van der Waals surface area contributed by atoms with Gasteiger partial charge in [0.2, 0.25) is 0 Å². The average Bonchev–Trinajstić information content (AvgIpc) is 2.83. The molecule has 4 aromatic carbocycles. The van der Waals surface area contributed by atoms with Crippen LogP contribution in [-0.2, 0) is 0 Å². The molecule has 4 aliphatic carbocycles. The highest BCUT2D eigenvalue weighted by Gasteiger charge is 2.25. The van der Waals surface area contributed by atoms with E-state index in [0.29, 0.717) is 11.1 Å². The maximum atomic E-state index is 12.9. The number of rotatable bonds is 4. The van der Waals surface area contributed by atoms with Crippen molar-refractivity contribution in [3.63, 3.8) is 0 Å². The van der Waals surface area contributed by atoms with Crippen LogP contribution in [0.1, 0.15) is 47.8 Å². The summed E-state index contributed by atoms with van der Waals surface area (Å²) in [6.07, 6.45) is 0. The molecule has 0 amide bonds. The molecule has 0 N–H and O–H groups in total. The third-order valence-corrected chi connectivity index (χ3v) is 5.97. The number of carbonyl (C=O) groups is 3. The molecule has 4 aliphatic rings. The minimum atomic E-state index is -0.0643. The lowest BCUT2D eigenvalue weighted by atomic mass is 9.84. The van der Waals surface area contributed by atoms with Crippen LogP contribution in [0.25, 0.3) is 22.3 Å². The third kappa shape index (κ3) is 2.29. The molecule has 0 aromatic heterocycles. The van der Waals surface area contributed by atoms with Crippen LogP contribution in [0.5, 0.6) is 0 Å². The van der Waals surface area contributed by atoms with Crippen molar-refractivity contribution in [2.45, 2.75) is 0 Å². The van der Waals surface area contributed by atoms with Gasteiger partial charge in [-0.25, -0.2) is 0 Å². The second-order valence-electron chi connectivity index (χ2n) is 7.66. The molecule has 3 heteroatoms. The largest absolute Gasteiger partial charge is 0.289 e. The van der Waals surface area contributed by atoms with E-state index >= 15 is 0 Å². The molecule has 0 unspecified atom stereocenters. The van der Waals surface area contributed by atoms with Crippen LogP contribution in [0, 0.1) is 0 Å². The summed E-state index contributed by atoms with van der Waals surface area (Å²) in [6, 6.07) is 26.0. The molecular weight excluding hydrogens is 372 g/mol. The minimum Gasteiger partial charge on any atom is -0.289 e. The van der Waals surface area contributed by atoms with Gasteiger partial charge in [0.25, 0.3) is 0 Å². The van der Waals surface area contributed by atoms with Gasteiger partial charge in [-0.05, 0) is 34.4 Å². The molecule has 0 saturated carbocycles. The summed E-state index contributed by atoms with van der Waals surface area (Å²) in [5.41, 5.74) is 7.81. The summed E-state index contributed by atoms with van der Waals surface area (Å²) in [5.74, 6) is 0.115. The summed E-state index contributed by atoms with van der Waals surface area (Å²) < 4.78 is 0. The molecule has 0 aliphatic heterocycles. The monoisotopic (exact) mass is 386 g/mol. The maximum absolute atomic E-state index is 12.9. The number of hydrogen-bond donors (Lipinski definition) is 0. The van der Waals surface area contributed by atoms with Crippen LogP contribution >= 0.6 is 0 Å². The van der Waals surface area contributed by atoms with Gasteiger partial charge >= 0.3 is 0 Å². The van der Waals surface area contributed by atoms with Crippen molar-refractivity contribution in [3.8, 4) is 22.3 Å². The number of ketones is 3. The Hall–Kier alpha value is -4.11. The molecule has 3 nitrogen and oxygen atoms in total. The third-order valence-electron chi connectivity index (χ3n) is 5.97. The minimum absolute atomic E-state index is 0.0643. The van der Waals surface area contributed by atoms with Crippen LogP contribution in [-0.4, -0.2) is 17.3 Å². The van der Waals surface area contributed by atoms with Crippen molar-refractivity contribution in [2.75, 3.05) is 0 Å². The van der Waals surface area contributed by atoms with Crippen LogP contribution in [0.4, 0.5) is 0 Å². The second kappa shape index (κ2) is 5.94. The first kappa shape index (κ1) is 16.8. The average molecular weight is 386 g/mol. The van der Waals surface area contributed by atoms with Crippen LogP contribution in [0.3, 0.4) is 0 Å². The predicted molar refractivity (Wildman–Crippen MR) is 114 cm³/mol. The lowest BCUT2D eigenvalue weighted by molar-refractivity contribution is 0.101.